The van der Waals surface area contributed by atoms with Gasteiger partial charge in [-0.25, -0.2) is 0 Å². The first-order chi connectivity index (χ1) is 10.4. The number of nitrogens with one attached hydrogen (secondary N) is 1. The number of hydrogen-bond acceptors (Lipinski definition) is 6. The molecule has 0 unspecified atom stereocenters. The minimum absolute atomic E-state index is 0.0770. The van der Waals surface area contributed by atoms with E-state index in [1.165, 1.54) is 0 Å². The van der Waals surface area contributed by atoms with Gasteiger partial charge in [-0.05, 0) is 37.6 Å². The normalized spacial score (nSPS) is 18.9. The van der Waals surface area contributed by atoms with Gasteiger partial charge in [0, 0.05) is 0 Å². The van der Waals surface area contributed by atoms with Crippen molar-refractivity contribution in [2.45, 2.75) is 25.1 Å². The number of ether oxygens (including phenoxy) is 2. The summed E-state index contributed by atoms with van der Waals surface area (Å²) in [4.78, 5) is 0. The van der Waals surface area contributed by atoms with Gasteiger partial charge in [-0.15, -0.1) is 0 Å². The predicted octanol–water partition coefficient (Wildman–Crippen LogP) is 2.31. The predicted molar refractivity (Wildman–Crippen MR) is 88.6 cm³/mol. The molecule has 3 N–H and O–H groups in total. The topological polar surface area (TPSA) is 71.0 Å². The molecular weight excluding hydrogens is 302 g/mol. The lowest BCUT2D eigenvalue weighted by Gasteiger charge is -2.14. The molecular formula is C16H21NO4S. The molecule has 0 radical (unpaired) electrons. The summed E-state index contributed by atoms with van der Waals surface area (Å²) in [5.74, 6) is 1.84. The Bertz CT molecular complexity index is 582. The van der Waals surface area contributed by atoms with Gasteiger partial charge in [-0.3, -0.25) is 0 Å². The number of thioether (sulfide) groups is 1. The summed E-state index contributed by atoms with van der Waals surface area (Å²) in [7, 11) is 1.60. The first-order valence-electron chi connectivity index (χ1n) is 6.98. The Morgan fingerprint density at radius 2 is 2.09 bits per heavy atom. The van der Waals surface area contributed by atoms with E-state index >= 15 is 0 Å². The van der Waals surface area contributed by atoms with Crippen LogP contribution in [0.2, 0.25) is 0 Å². The minimum atomic E-state index is -1.84. The fraction of sp³-hybridized carbons (Fsp3) is 0.375. The van der Waals surface area contributed by atoms with Crippen LogP contribution in [0.5, 0.6) is 11.5 Å². The van der Waals surface area contributed by atoms with Crippen molar-refractivity contribution in [1.82, 2.24) is 5.32 Å². The summed E-state index contributed by atoms with van der Waals surface area (Å²) in [5, 5.41) is 20.4. The largest absolute Gasteiger partial charge is 0.493 e. The van der Waals surface area contributed by atoms with Gasteiger partial charge < -0.3 is 25.0 Å². The highest BCUT2D eigenvalue weighted by Gasteiger charge is 2.34. The molecule has 120 valence electrons. The lowest BCUT2D eigenvalue weighted by atomic mass is 10.2. The molecule has 0 aromatic heterocycles. The van der Waals surface area contributed by atoms with Gasteiger partial charge >= 0.3 is 0 Å². The van der Waals surface area contributed by atoms with E-state index in [0.717, 1.165) is 17.3 Å². The third kappa shape index (κ3) is 4.19. The molecule has 1 fully saturated rings. The van der Waals surface area contributed by atoms with E-state index in [2.05, 4.69) is 5.32 Å². The molecule has 0 amide bonds. The number of rotatable bonds is 5. The van der Waals surface area contributed by atoms with E-state index in [4.69, 9.17) is 9.47 Å². The van der Waals surface area contributed by atoms with E-state index in [1.807, 2.05) is 38.1 Å². The van der Waals surface area contributed by atoms with Crippen LogP contribution in [-0.4, -0.2) is 34.4 Å². The molecule has 1 saturated heterocycles. The Kier molecular flexibility index (Phi) is 5.39. The van der Waals surface area contributed by atoms with E-state index in [0.29, 0.717) is 23.1 Å². The number of hydrogen-bond donors (Lipinski definition) is 3. The molecule has 1 aromatic carbocycles. The zero-order valence-electron chi connectivity index (χ0n) is 12.9. The number of benzene rings is 1. The van der Waals surface area contributed by atoms with Crippen LogP contribution in [0.4, 0.5) is 0 Å². The number of methoxy groups -OCH3 is 1. The molecule has 1 heterocycles. The van der Waals surface area contributed by atoms with E-state index in [9.17, 15) is 10.2 Å². The average molecular weight is 323 g/mol. The van der Waals surface area contributed by atoms with Crippen molar-refractivity contribution in [3.8, 4) is 11.5 Å². The van der Waals surface area contributed by atoms with Crippen LogP contribution < -0.4 is 14.8 Å². The van der Waals surface area contributed by atoms with Gasteiger partial charge in [-0.1, -0.05) is 30.0 Å². The van der Waals surface area contributed by atoms with Crippen LogP contribution in [0, 0.1) is 0 Å². The average Bonchev–Trinajstić information content (AvgIpc) is 2.79. The van der Waals surface area contributed by atoms with E-state index < -0.39 is 5.12 Å². The van der Waals surface area contributed by atoms with Crippen molar-refractivity contribution in [2.24, 2.45) is 0 Å². The molecule has 22 heavy (non-hydrogen) atoms. The van der Waals surface area contributed by atoms with Crippen LogP contribution in [-0.2, 0) is 0 Å². The van der Waals surface area contributed by atoms with Crippen molar-refractivity contribution in [2.75, 3.05) is 13.0 Å². The molecule has 5 nitrogen and oxygen atoms in total. The highest BCUT2D eigenvalue weighted by atomic mass is 32.2. The fourth-order valence-electron chi connectivity index (χ4n) is 1.97. The van der Waals surface area contributed by atoms with Gasteiger partial charge in [0.15, 0.2) is 11.5 Å². The second kappa shape index (κ2) is 7.09. The molecule has 1 aromatic rings. The summed E-state index contributed by atoms with van der Waals surface area (Å²) < 4.78 is 11.0. The second-order valence-electron chi connectivity index (χ2n) is 5.09. The summed E-state index contributed by atoms with van der Waals surface area (Å²) in [5.41, 5.74) is 1.30. The first-order valence-corrected chi connectivity index (χ1v) is 7.97. The SMILES string of the molecule is COc1cc(C=CC=C2NCSC2(O)O)ccc1OC(C)C. The lowest BCUT2D eigenvalue weighted by Crippen LogP contribution is -2.25. The van der Waals surface area contributed by atoms with E-state index in [-0.39, 0.29) is 6.10 Å². The maximum atomic E-state index is 9.67. The van der Waals surface area contributed by atoms with Crippen molar-refractivity contribution >= 4 is 17.8 Å². The first kappa shape index (κ1) is 16.7. The van der Waals surface area contributed by atoms with E-state index in [1.54, 1.807) is 19.3 Å². The quantitative estimate of drug-likeness (QED) is 0.722. The molecule has 2 rings (SSSR count). The van der Waals surface area contributed by atoms with Crippen LogP contribution in [0.1, 0.15) is 19.4 Å². The lowest BCUT2D eigenvalue weighted by molar-refractivity contribution is -0.0427. The molecule has 0 saturated carbocycles. The van der Waals surface area contributed by atoms with Crippen molar-refractivity contribution in [1.29, 1.82) is 0 Å². The third-order valence-electron chi connectivity index (χ3n) is 2.99. The minimum Gasteiger partial charge on any atom is -0.493 e. The Balaban J connectivity index is 2.13. The number of allylic oxidation sites excluding steroid dienone is 2. The Labute approximate surface area is 134 Å². The zero-order chi connectivity index (χ0) is 16.2. The molecule has 1 aliphatic rings. The highest BCUT2D eigenvalue weighted by Crippen LogP contribution is 2.32. The Morgan fingerprint density at radius 1 is 1.32 bits per heavy atom. The fourth-order valence-corrected chi connectivity index (χ4v) is 2.69. The number of aliphatic hydroxyl groups is 2. The maximum absolute atomic E-state index is 9.67. The molecule has 0 spiro atoms. The standard InChI is InChI=1S/C16H21NO4S/c1-11(2)21-13-8-7-12(9-14(13)20-3)5-4-6-15-16(18,19)22-10-17-15/h4-9,11,17-19H,10H2,1-3H3. The van der Waals surface area contributed by atoms with Gasteiger partial charge in [0.1, 0.15) is 0 Å². The van der Waals surface area contributed by atoms with Crippen LogP contribution in [0.25, 0.3) is 6.08 Å². The highest BCUT2D eigenvalue weighted by molar-refractivity contribution is 8.00. The van der Waals surface area contributed by atoms with Crippen LogP contribution >= 0.6 is 11.8 Å². The van der Waals surface area contributed by atoms with Gasteiger partial charge in [0.05, 0.1) is 24.8 Å². The van der Waals surface area contributed by atoms with Crippen LogP contribution in [0.15, 0.2) is 36.0 Å². The Morgan fingerprint density at radius 3 is 2.68 bits per heavy atom. The molecule has 6 heteroatoms. The molecule has 0 atom stereocenters. The summed E-state index contributed by atoms with van der Waals surface area (Å²) in [6.45, 7) is 3.92. The van der Waals surface area contributed by atoms with Gasteiger partial charge in [0.25, 0.3) is 5.12 Å². The van der Waals surface area contributed by atoms with Crippen molar-refractivity contribution in [3.63, 3.8) is 0 Å². The third-order valence-corrected chi connectivity index (χ3v) is 3.90. The second-order valence-corrected chi connectivity index (χ2v) is 6.24. The molecule has 1 aliphatic heterocycles. The Hall–Kier alpha value is -1.63. The summed E-state index contributed by atoms with van der Waals surface area (Å²) in [6.07, 6.45) is 5.33. The maximum Gasteiger partial charge on any atom is 0.257 e. The van der Waals surface area contributed by atoms with Crippen molar-refractivity contribution < 1.29 is 19.7 Å². The van der Waals surface area contributed by atoms with Gasteiger partial charge in [0.2, 0.25) is 0 Å². The monoisotopic (exact) mass is 323 g/mol. The van der Waals surface area contributed by atoms with Crippen molar-refractivity contribution in [3.05, 3.63) is 41.6 Å². The smallest absolute Gasteiger partial charge is 0.257 e. The van der Waals surface area contributed by atoms with Crippen LogP contribution in [0.3, 0.4) is 0 Å². The summed E-state index contributed by atoms with van der Waals surface area (Å²) >= 11 is 1.03. The summed E-state index contributed by atoms with van der Waals surface area (Å²) in [6, 6.07) is 5.64. The molecule has 0 aliphatic carbocycles. The molecule has 0 bridgehead atoms. The zero-order valence-corrected chi connectivity index (χ0v) is 13.7. The van der Waals surface area contributed by atoms with Gasteiger partial charge in [-0.2, -0.15) is 0 Å².